The number of pyridine rings is 1. The standard InChI is InChI=1S/C16H22F3N3O2S/c1-21(25(23,24)14-2-3-14)11-12-5-8-22(9-6-12)13-4-7-20-15(10-13)16(17,18)19/h4,7,10,12,14H,2-3,5-6,8-9,11H2,1H3. The quantitative estimate of drug-likeness (QED) is 0.792. The van der Waals surface area contributed by atoms with Crippen molar-refractivity contribution in [2.45, 2.75) is 37.1 Å². The van der Waals surface area contributed by atoms with E-state index in [0.29, 0.717) is 25.3 Å². The predicted octanol–water partition coefficient (Wildman–Crippen LogP) is 2.74. The first-order valence-electron chi connectivity index (χ1n) is 8.41. The summed E-state index contributed by atoms with van der Waals surface area (Å²) in [4.78, 5) is 5.29. The van der Waals surface area contributed by atoms with Gasteiger partial charge in [-0.05, 0) is 43.7 Å². The first-order valence-corrected chi connectivity index (χ1v) is 9.91. The Balaban J connectivity index is 1.57. The van der Waals surface area contributed by atoms with Crippen LogP contribution in [0.3, 0.4) is 0 Å². The summed E-state index contributed by atoms with van der Waals surface area (Å²) in [5.41, 5.74) is -0.373. The summed E-state index contributed by atoms with van der Waals surface area (Å²) < 4.78 is 64.2. The van der Waals surface area contributed by atoms with Crippen molar-refractivity contribution >= 4 is 15.7 Å². The van der Waals surface area contributed by atoms with Crippen LogP contribution < -0.4 is 4.90 Å². The van der Waals surface area contributed by atoms with Crippen molar-refractivity contribution in [2.24, 2.45) is 5.92 Å². The number of alkyl halides is 3. The Morgan fingerprint density at radius 3 is 2.44 bits per heavy atom. The van der Waals surface area contributed by atoms with Crippen LogP contribution in [0, 0.1) is 5.92 Å². The smallest absolute Gasteiger partial charge is 0.371 e. The zero-order valence-electron chi connectivity index (χ0n) is 14.0. The highest BCUT2D eigenvalue weighted by atomic mass is 32.2. The van der Waals surface area contributed by atoms with Gasteiger partial charge in [-0.1, -0.05) is 0 Å². The van der Waals surface area contributed by atoms with Crippen LogP contribution in [-0.4, -0.2) is 49.6 Å². The summed E-state index contributed by atoms with van der Waals surface area (Å²) in [5, 5.41) is -0.213. The maximum atomic E-state index is 12.8. The van der Waals surface area contributed by atoms with Crippen LogP contribution in [0.25, 0.3) is 0 Å². The van der Waals surface area contributed by atoms with Gasteiger partial charge in [-0.3, -0.25) is 4.98 Å². The van der Waals surface area contributed by atoms with Gasteiger partial charge in [-0.2, -0.15) is 13.2 Å². The van der Waals surface area contributed by atoms with Crippen molar-refractivity contribution in [3.63, 3.8) is 0 Å². The molecule has 0 unspecified atom stereocenters. The van der Waals surface area contributed by atoms with E-state index in [2.05, 4.69) is 4.98 Å². The molecule has 2 heterocycles. The fourth-order valence-electron chi connectivity index (χ4n) is 3.23. The lowest BCUT2D eigenvalue weighted by molar-refractivity contribution is -0.141. The van der Waals surface area contributed by atoms with E-state index < -0.39 is 21.9 Å². The fraction of sp³-hybridized carbons (Fsp3) is 0.688. The summed E-state index contributed by atoms with van der Waals surface area (Å²) >= 11 is 0. The number of hydrogen-bond acceptors (Lipinski definition) is 4. The molecule has 25 heavy (non-hydrogen) atoms. The number of hydrogen-bond donors (Lipinski definition) is 0. The second kappa shape index (κ2) is 6.75. The fourth-order valence-corrected chi connectivity index (χ4v) is 4.89. The Morgan fingerprint density at radius 2 is 1.88 bits per heavy atom. The Morgan fingerprint density at radius 1 is 1.24 bits per heavy atom. The van der Waals surface area contributed by atoms with E-state index in [1.165, 1.54) is 10.5 Å². The Labute approximate surface area is 145 Å². The monoisotopic (exact) mass is 377 g/mol. The number of anilines is 1. The Kier molecular flexibility index (Phi) is 4.98. The molecule has 140 valence electrons. The van der Waals surface area contributed by atoms with Crippen molar-refractivity contribution in [1.29, 1.82) is 0 Å². The molecule has 3 rings (SSSR count). The van der Waals surface area contributed by atoms with E-state index >= 15 is 0 Å². The second-order valence-electron chi connectivity index (χ2n) is 6.85. The molecule has 1 aromatic rings. The molecule has 0 spiro atoms. The van der Waals surface area contributed by atoms with Crippen LogP contribution in [0.1, 0.15) is 31.4 Å². The number of aromatic nitrogens is 1. The summed E-state index contributed by atoms with van der Waals surface area (Å²) in [6.07, 6.45) is -0.264. The van der Waals surface area contributed by atoms with Gasteiger partial charge >= 0.3 is 6.18 Å². The highest BCUT2D eigenvalue weighted by molar-refractivity contribution is 7.90. The minimum Gasteiger partial charge on any atom is -0.371 e. The topological polar surface area (TPSA) is 53.5 Å². The number of nitrogens with zero attached hydrogens (tertiary/aromatic N) is 3. The van der Waals surface area contributed by atoms with Crippen LogP contribution in [0.2, 0.25) is 0 Å². The number of halogens is 3. The zero-order chi connectivity index (χ0) is 18.2. The molecule has 0 N–H and O–H groups in total. The Bertz CT molecular complexity index is 712. The Hall–Kier alpha value is -1.35. The van der Waals surface area contributed by atoms with Crippen molar-refractivity contribution < 1.29 is 21.6 Å². The highest BCUT2D eigenvalue weighted by Gasteiger charge is 2.39. The largest absolute Gasteiger partial charge is 0.433 e. The minimum atomic E-state index is -4.45. The van der Waals surface area contributed by atoms with E-state index in [-0.39, 0.29) is 11.2 Å². The van der Waals surface area contributed by atoms with E-state index in [1.54, 1.807) is 13.1 Å². The lowest BCUT2D eigenvalue weighted by Crippen LogP contribution is -2.40. The molecule has 9 heteroatoms. The van der Waals surface area contributed by atoms with Gasteiger partial charge in [-0.25, -0.2) is 12.7 Å². The summed E-state index contributed by atoms with van der Waals surface area (Å²) in [6.45, 7) is 1.71. The zero-order valence-corrected chi connectivity index (χ0v) is 14.9. The molecule has 0 atom stereocenters. The summed E-state index contributed by atoms with van der Waals surface area (Å²) in [7, 11) is -1.54. The van der Waals surface area contributed by atoms with E-state index in [1.807, 2.05) is 4.90 Å². The molecule has 1 saturated heterocycles. The van der Waals surface area contributed by atoms with Gasteiger partial charge in [0.05, 0.1) is 5.25 Å². The lowest BCUT2D eigenvalue weighted by atomic mass is 9.96. The SMILES string of the molecule is CN(CC1CCN(c2ccnc(C(F)(F)F)c2)CC1)S(=O)(=O)C1CC1. The molecule has 1 aliphatic heterocycles. The predicted molar refractivity (Wildman–Crippen MR) is 88.7 cm³/mol. The maximum Gasteiger partial charge on any atom is 0.433 e. The maximum absolute atomic E-state index is 12.8. The van der Waals surface area contributed by atoms with Crippen molar-refractivity contribution in [2.75, 3.05) is 31.6 Å². The second-order valence-corrected chi connectivity index (χ2v) is 9.17. The van der Waals surface area contributed by atoms with Gasteiger partial charge in [0.1, 0.15) is 5.69 Å². The molecule has 2 fully saturated rings. The van der Waals surface area contributed by atoms with Crippen molar-refractivity contribution in [3.8, 4) is 0 Å². The number of piperidine rings is 1. The van der Waals surface area contributed by atoms with Crippen LogP contribution in [0.15, 0.2) is 18.3 Å². The van der Waals surface area contributed by atoms with Crippen LogP contribution in [0.5, 0.6) is 0 Å². The molecular formula is C16H22F3N3O2S. The third kappa shape index (κ3) is 4.25. The molecule has 5 nitrogen and oxygen atoms in total. The van der Waals surface area contributed by atoms with Gasteiger partial charge in [-0.15, -0.1) is 0 Å². The minimum absolute atomic E-state index is 0.213. The van der Waals surface area contributed by atoms with E-state index in [9.17, 15) is 21.6 Å². The van der Waals surface area contributed by atoms with Crippen LogP contribution in [-0.2, 0) is 16.2 Å². The summed E-state index contributed by atoms with van der Waals surface area (Å²) in [5.74, 6) is 0.235. The van der Waals surface area contributed by atoms with Gasteiger partial charge in [0.25, 0.3) is 0 Å². The average Bonchev–Trinajstić information content (AvgIpc) is 3.40. The number of rotatable bonds is 5. The number of sulfonamides is 1. The first-order chi connectivity index (χ1) is 11.7. The van der Waals surface area contributed by atoms with Gasteiger partial charge in [0, 0.05) is 38.6 Å². The molecular weight excluding hydrogens is 355 g/mol. The van der Waals surface area contributed by atoms with E-state index in [4.69, 9.17) is 0 Å². The van der Waals surface area contributed by atoms with Gasteiger partial charge in [0.2, 0.25) is 10.0 Å². The molecule has 1 aromatic heterocycles. The first kappa shape index (κ1) is 18.4. The van der Waals surface area contributed by atoms with Gasteiger partial charge < -0.3 is 4.90 Å². The molecule has 0 amide bonds. The molecule has 1 aliphatic carbocycles. The molecule has 0 radical (unpaired) electrons. The third-order valence-corrected chi connectivity index (χ3v) is 7.24. The normalized spacial score (nSPS) is 20.3. The average molecular weight is 377 g/mol. The summed E-state index contributed by atoms with van der Waals surface area (Å²) in [6, 6.07) is 2.66. The molecule has 0 bridgehead atoms. The molecule has 0 aromatic carbocycles. The van der Waals surface area contributed by atoms with Crippen LogP contribution >= 0.6 is 0 Å². The van der Waals surface area contributed by atoms with Crippen LogP contribution in [0.4, 0.5) is 18.9 Å². The van der Waals surface area contributed by atoms with Crippen molar-refractivity contribution in [3.05, 3.63) is 24.0 Å². The van der Waals surface area contributed by atoms with Crippen molar-refractivity contribution in [1.82, 2.24) is 9.29 Å². The highest BCUT2D eigenvalue weighted by Crippen LogP contribution is 2.33. The molecule has 2 aliphatic rings. The molecule has 1 saturated carbocycles. The third-order valence-electron chi connectivity index (χ3n) is 4.91. The lowest BCUT2D eigenvalue weighted by Gasteiger charge is -2.35. The van der Waals surface area contributed by atoms with Gasteiger partial charge in [0.15, 0.2) is 0 Å². The van der Waals surface area contributed by atoms with E-state index in [0.717, 1.165) is 31.7 Å².